The third kappa shape index (κ3) is 3.68. The molecule has 0 aliphatic carbocycles. The van der Waals surface area contributed by atoms with Crippen LogP contribution in [0.1, 0.15) is 0 Å². The summed E-state index contributed by atoms with van der Waals surface area (Å²) in [4.78, 5) is 35.0. The highest BCUT2D eigenvalue weighted by atomic mass is 35.5. The number of nitrogens with zero attached hydrogens (tertiary/aromatic N) is 2. The molecule has 1 aromatic rings. The highest BCUT2D eigenvalue weighted by Crippen LogP contribution is 2.23. The number of nitrogens with one attached hydrogen (secondary N) is 2. The van der Waals surface area contributed by atoms with E-state index in [-0.39, 0.29) is 11.0 Å². The number of imide groups is 1. The van der Waals surface area contributed by atoms with Crippen molar-refractivity contribution in [3.8, 4) is 0 Å². The van der Waals surface area contributed by atoms with E-state index >= 15 is 0 Å². The highest BCUT2D eigenvalue weighted by molar-refractivity contribution is 6.29. The van der Waals surface area contributed by atoms with Gasteiger partial charge >= 0.3 is 11.7 Å². The van der Waals surface area contributed by atoms with Crippen LogP contribution in [0.2, 0.25) is 5.15 Å². The molecule has 2 N–H and O–H groups in total. The van der Waals surface area contributed by atoms with Crippen LogP contribution in [0.4, 0.5) is 16.3 Å². The Labute approximate surface area is 100 Å². The van der Waals surface area contributed by atoms with E-state index in [9.17, 15) is 19.7 Å². The molecule has 17 heavy (non-hydrogen) atoms. The molecule has 0 bridgehead atoms. The first-order chi connectivity index (χ1) is 7.90. The molecule has 0 saturated heterocycles. The molecule has 3 amide bonds. The predicted molar refractivity (Wildman–Crippen MR) is 58.4 cm³/mol. The Balaban J connectivity index is 2.96. The fourth-order valence-corrected chi connectivity index (χ4v) is 1.08. The molecule has 0 saturated carbocycles. The first-order valence-corrected chi connectivity index (χ1v) is 4.53. The molecule has 0 aliphatic heterocycles. The van der Waals surface area contributed by atoms with Gasteiger partial charge in [-0.05, 0) is 6.07 Å². The topological polar surface area (TPSA) is 114 Å². The average molecular weight is 258 g/mol. The lowest BCUT2D eigenvalue weighted by molar-refractivity contribution is -0.384. The minimum Gasteiger partial charge on any atom is -0.286 e. The Hall–Kier alpha value is -2.22. The Bertz CT molecular complexity index is 490. The van der Waals surface area contributed by atoms with Crippen molar-refractivity contribution in [3.63, 3.8) is 0 Å². The number of anilines is 1. The van der Waals surface area contributed by atoms with Gasteiger partial charge in [0.1, 0.15) is 5.15 Å². The summed E-state index contributed by atoms with van der Waals surface area (Å²) in [5.74, 6) is -1.21. The van der Waals surface area contributed by atoms with Gasteiger partial charge in [0.15, 0.2) is 0 Å². The van der Waals surface area contributed by atoms with Crippen LogP contribution < -0.4 is 10.6 Å². The summed E-state index contributed by atoms with van der Waals surface area (Å²) in [6, 6.07) is 1.30. The number of urea groups is 1. The average Bonchev–Trinajstić information content (AvgIpc) is 2.15. The van der Waals surface area contributed by atoms with Gasteiger partial charge < -0.3 is 0 Å². The second-order valence-corrected chi connectivity index (χ2v) is 3.15. The molecule has 0 atom stereocenters. The number of nitro groups is 1. The monoisotopic (exact) mass is 257 g/mol. The lowest BCUT2D eigenvalue weighted by atomic mass is 10.4. The van der Waals surface area contributed by atoms with E-state index in [0.29, 0.717) is 0 Å². The number of carbonyl (C=O) groups is 2. The van der Waals surface area contributed by atoms with Crippen LogP contribution in [0.3, 0.4) is 0 Å². The van der Waals surface area contributed by atoms with Crippen molar-refractivity contribution in [1.82, 2.24) is 10.3 Å². The van der Waals surface area contributed by atoms with Crippen LogP contribution in [-0.4, -0.2) is 21.8 Å². The number of pyridine rings is 1. The first-order valence-electron chi connectivity index (χ1n) is 4.15. The third-order valence-electron chi connectivity index (χ3n) is 1.52. The number of amides is 3. The summed E-state index contributed by atoms with van der Waals surface area (Å²) in [7, 11) is 0. The van der Waals surface area contributed by atoms with Crippen molar-refractivity contribution in [1.29, 1.82) is 0 Å². The Morgan fingerprint density at radius 3 is 2.65 bits per heavy atom. The minimum absolute atomic E-state index is 0.0353. The Morgan fingerprint density at radius 2 is 2.12 bits per heavy atom. The van der Waals surface area contributed by atoms with Crippen molar-refractivity contribution < 1.29 is 14.5 Å². The predicted octanol–water partition coefficient (Wildman–Crippen LogP) is 1.13. The maximum atomic E-state index is 11.1. The van der Waals surface area contributed by atoms with Crippen molar-refractivity contribution in [2.75, 3.05) is 5.32 Å². The van der Waals surface area contributed by atoms with Crippen LogP contribution in [0.15, 0.2) is 12.1 Å². The number of hydrogen-bond acceptors (Lipinski definition) is 5. The number of aromatic nitrogens is 1. The van der Waals surface area contributed by atoms with Gasteiger partial charge in [0.25, 0.3) is 0 Å². The highest BCUT2D eigenvalue weighted by Gasteiger charge is 2.18. The maximum Gasteiger partial charge on any atom is 0.327 e. The van der Waals surface area contributed by atoms with Crippen LogP contribution in [0.25, 0.3) is 0 Å². The zero-order valence-electron chi connectivity index (χ0n) is 8.27. The van der Waals surface area contributed by atoms with E-state index < -0.39 is 22.5 Å². The largest absolute Gasteiger partial charge is 0.327 e. The Kier molecular flexibility index (Phi) is 3.94. The molecule has 8 nitrogen and oxygen atoms in total. The molecule has 1 radical (unpaired) electrons. The van der Waals surface area contributed by atoms with Gasteiger partial charge in [-0.1, -0.05) is 11.6 Å². The van der Waals surface area contributed by atoms with E-state index in [1.165, 1.54) is 6.07 Å². The number of halogens is 1. The molecule has 0 unspecified atom stereocenters. The molecular weight excluding hydrogens is 252 g/mol. The van der Waals surface area contributed by atoms with Gasteiger partial charge in [0, 0.05) is 13.0 Å². The van der Waals surface area contributed by atoms with Crippen molar-refractivity contribution in [2.45, 2.75) is 0 Å². The summed E-state index contributed by atoms with van der Waals surface area (Å²) in [6.07, 6.45) is 0. The quantitative estimate of drug-likeness (QED) is 0.468. The van der Waals surface area contributed by atoms with E-state index in [2.05, 4.69) is 11.9 Å². The maximum absolute atomic E-state index is 11.1. The van der Waals surface area contributed by atoms with Crippen LogP contribution in [-0.2, 0) is 4.79 Å². The molecule has 9 heteroatoms. The smallest absolute Gasteiger partial charge is 0.286 e. The van der Waals surface area contributed by atoms with Crippen molar-refractivity contribution >= 4 is 35.0 Å². The van der Waals surface area contributed by atoms with Crippen molar-refractivity contribution in [2.24, 2.45) is 0 Å². The minimum atomic E-state index is -0.983. The Morgan fingerprint density at radius 1 is 1.47 bits per heavy atom. The third-order valence-corrected chi connectivity index (χ3v) is 1.73. The number of rotatable bonds is 2. The lowest BCUT2D eigenvalue weighted by Gasteiger charge is -2.04. The molecule has 1 heterocycles. The van der Waals surface area contributed by atoms with E-state index in [4.69, 9.17) is 11.6 Å². The standard InChI is InChI=1S/C8H6ClN4O4/c1-4(14)10-8(15)12-7-5(13(16)17)2-3-6(9)11-7/h2-3H,1H2,(H2,10,11,12,14,15). The van der Waals surface area contributed by atoms with E-state index in [1.54, 1.807) is 5.32 Å². The zero-order valence-corrected chi connectivity index (χ0v) is 9.02. The summed E-state index contributed by atoms with van der Waals surface area (Å²) < 4.78 is 0. The molecule has 0 fully saturated rings. The van der Waals surface area contributed by atoms with Gasteiger partial charge in [0.2, 0.25) is 11.7 Å². The van der Waals surface area contributed by atoms with E-state index in [1.807, 2.05) is 5.32 Å². The molecule has 1 aromatic heterocycles. The van der Waals surface area contributed by atoms with E-state index in [0.717, 1.165) is 6.07 Å². The number of carbonyl (C=O) groups excluding carboxylic acids is 2. The van der Waals surface area contributed by atoms with Crippen LogP contribution in [0.5, 0.6) is 0 Å². The lowest BCUT2D eigenvalue weighted by Crippen LogP contribution is -2.33. The molecule has 0 aromatic carbocycles. The summed E-state index contributed by atoms with van der Waals surface area (Å²) in [5, 5.41) is 14.4. The van der Waals surface area contributed by atoms with Gasteiger partial charge in [-0.15, -0.1) is 0 Å². The molecule has 0 spiro atoms. The zero-order chi connectivity index (χ0) is 13.0. The molecule has 89 valence electrons. The first kappa shape index (κ1) is 12.8. The van der Waals surface area contributed by atoms with Crippen LogP contribution >= 0.6 is 11.6 Å². The van der Waals surface area contributed by atoms with Crippen LogP contribution in [0, 0.1) is 17.0 Å². The molecule has 1 rings (SSSR count). The van der Waals surface area contributed by atoms with Gasteiger partial charge in [-0.2, -0.15) is 0 Å². The fourth-order valence-electron chi connectivity index (χ4n) is 0.933. The normalized spacial score (nSPS) is 9.53. The molecular formula is C8H6ClN4O4. The summed E-state index contributed by atoms with van der Waals surface area (Å²) in [6.45, 7) is 2.90. The second kappa shape index (κ2) is 5.21. The van der Waals surface area contributed by atoms with Gasteiger partial charge in [-0.3, -0.25) is 25.5 Å². The fraction of sp³-hybridized carbons (Fsp3) is 0. The number of hydrogen-bond donors (Lipinski definition) is 2. The van der Waals surface area contributed by atoms with Crippen molar-refractivity contribution in [3.05, 3.63) is 34.3 Å². The van der Waals surface area contributed by atoms with Gasteiger partial charge in [0.05, 0.1) is 4.92 Å². The molecule has 0 aliphatic rings. The summed E-state index contributed by atoms with van der Waals surface area (Å²) >= 11 is 5.53. The second-order valence-electron chi connectivity index (χ2n) is 2.76. The summed E-state index contributed by atoms with van der Waals surface area (Å²) in [5.41, 5.74) is -0.443. The SMILES string of the molecule is [CH2]C(=O)NC(=O)Nc1nc(Cl)ccc1[N+](=O)[O-]. The van der Waals surface area contributed by atoms with Gasteiger partial charge in [-0.25, -0.2) is 9.78 Å².